The number of aliphatic hydroxyl groups is 1. The molecule has 118 valence electrons. The topological polar surface area (TPSA) is 82.5 Å². The molecule has 8 heteroatoms. The summed E-state index contributed by atoms with van der Waals surface area (Å²) >= 11 is 3.27. The van der Waals surface area contributed by atoms with Crippen LogP contribution < -0.4 is 5.32 Å². The summed E-state index contributed by atoms with van der Waals surface area (Å²) in [4.78, 5) is 4.31. The lowest BCUT2D eigenvalue weighted by atomic mass is 9.95. The SMILES string of the molecule is CCNc1ncc(Br)cc1S(=O)(=O)N1CCC(C)(O)CC1. The Morgan fingerprint density at radius 1 is 1.48 bits per heavy atom. The first-order valence-corrected chi connectivity index (χ1v) is 9.11. The summed E-state index contributed by atoms with van der Waals surface area (Å²) in [5, 5.41) is 12.9. The molecule has 0 saturated carbocycles. The Bertz CT molecular complexity index is 609. The molecule has 1 aliphatic rings. The van der Waals surface area contributed by atoms with Gasteiger partial charge in [0, 0.05) is 30.3 Å². The molecule has 0 radical (unpaired) electrons. The molecule has 21 heavy (non-hydrogen) atoms. The minimum Gasteiger partial charge on any atom is -0.390 e. The first-order valence-electron chi connectivity index (χ1n) is 6.88. The van der Waals surface area contributed by atoms with Gasteiger partial charge < -0.3 is 10.4 Å². The van der Waals surface area contributed by atoms with Crippen LogP contribution in [0.3, 0.4) is 0 Å². The maximum atomic E-state index is 12.8. The van der Waals surface area contributed by atoms with Gasteiger partial charge in [-0.25, -0.2) is 13.4 Å². The standard InChI is InChI=1S/C13H20BrN3O3S/c1-3-15-12-11(8-10(14)9-16-12)21(19,20)17-6-4-13(2,18)5-7-17/h8-9,18H,3-7H2,1-2H3,(H,15,16). The molecule has 1 aromatic rings. The summed E-state index contributed by atoms with van der Waals surface area (Å²) in [6.07, 6.45) is 2.44. The summed E-state index contributed by atoms with van der Waals surface area (Å²) in [6, 6.07) is 1.56. The number of rotatable bonds is 4. The molecule has 0 bridgehead atoms. The average Bonchev–Trinajstić information content (AvgIpc) is 2.40. The van der Waals surface area contributed by atoms with Crippen LogP contribution in [0.1, 0.15) is 26.7 Å². The molecule has 2 rings (SSSR count). The number of hydrogen-bond acceptors (Lipinski definition) is 5. The second kappa shape index (κ2) is 6.20. The van der Waals surface area contributed by atoms with Crippen molar-refractivity contribution in [2.24, 2.45) is 0 Å². The van der Waals surface area contributed by atoms with Crippen LogP contribution in [-0.4, -0.2) is 48.0 Å². The summed E-state index contributed by atoms with van der Waals surface area (Å²) in [7, 11) is -3.62. The molecule has 1 fully saturated rings. The third-order valence-corrected chi connectivity index (χ3v) is 5.93. The average molecular weight is 378 g/mol. The van der Waals surface area contributed by atoms with E-state index < -0.39 is 15.6 Å². The Morgan fingerprint density at radius 3 is 2.67 bits per heavy atom. The van der Waals surface area contributed by atoms with E-state index in [0.29, 0.717) is 42.8 Å². The van der Waals surface area contributed by atoms with Crippen molar-refractivity contribution in [3.63, 3.8) is 0 Å². The summed E-state index contributed by atoms with van der Waals surface area (Å²) < 4.78 is 27.6. The smallest absolute Gasteiger partial charge is 0.246 e. The second-order valence-electron chi connectivity index (χ2n) is 5.43. The van der Waals surface area contributed by atoms with Gasteiger partial charge in [0.15, 0.2) is 0 Å². The van der Waals surface area contributed by atoms with Gasteiger partial charge in [-0.1, -0.05) is 0 Å². The van der Waals surface area contributed by atoms with Crippen LogP contribution in [0.2, 0.25) is 0 Å². The van der Waals surface area contributed by atoms with E-state index in [2.05, 4.69) is 26.2 Å². The molecule has 0 unspecified atom stereocenters. The van der Waals surface area contributed by atoms with E-state index in [9.17, 15) is 13.5 Å². The molecular weight excluding hydrogens is 358 g/mol. The van der Waals surface area contributed by atoms with E-state index in [4.69, 9.17) is 0 Å². The van der Waals surface area contributed by atoms with E-state index in [1.54, 1.807) is 19.2 Å². The number of nitrogens with zero attached hydrogens (tertiary/aromatic N) is 2. The molecule has 0 atom stereocenters. The van der Waals surface area contributed by atoms with Gasteiger partial charge in [0.05, 0.1) is 5.60 Å². The monoisotopic (exact) mass is 377 g/mol. The quantitative estimate of drug-likeness (QED) is 0.835. The predicted molar refractivity (Wildman–Crippen MR) is 84.7 cm³/mol. The molecule has 6 nitrogen and oxygen atoms in total. The van der Waals surface area contributed by atoms with Gasteiger partial charge >= 0.3 is 0 Å². The summed E-state index contributed by atoms with van der Waals surface area (Å²) in [6.45, 7) is 4.84. The lowest BCUT2D eigenvalue weighted by Gasteiger charge is -2.35. The Labute approximate surface area is 133 Å². The van der Waals surface area contributed by atoms with Crippen molar-refractivity contribution >= 4 is 31.8 Å². The zero-order valence-corrected chi connectivity index (χ0v) is 14.5. The fraction of sp³-hybridized carbons (Fsp3) is 0.615. The third kappa shape index (κ3) is 3.74. The van der Waals surface area contributed by atoms with Gasteiger partial charge in [-0.05, 0) is 48.7 Å². The van der Waals surface area contributed by atoms with Crippen LogP contribution >= 0.6 is 15.9 Å². The van der Waals surface area contributed by atoms with Gasteiger partial charge in [0.25, 0.3) is 0 Å². The molecule has 0 aliphatic carbocycles. The van der Waals surface area contributed by atoms with E-state index in [-0.39, 0.29) is 4.90 Å². The van der Waals surface area contributed by atoms with Gasteiger partial charge in [-0.3, -0.25) is 0 Å². The van der Waals surface area contributed by atoms with Crippen LogP contribution in [0, 0.1) is 0 Å². The molecule has 2 heterocycles. The zero-order valence-electron chi connectivity index (χ0n) is 12.1. The first-order chi connectivity index (χ1) is 9.76. The Morgan fingerprint density at radius 2 is 2.10 bits per heavy atom. The van der Waals surface area contributed by atoms with Crippen molar-refractivity contribution in [3.05, 3.63) is 16.7 Å². The van der Waals surface area contributed by atoms with E-state index in [1.165, 1.54) is 4.31 Å². The lowest BCUT2D eigenvalue weighted by molar-refractivity contribution is 0.0126. The molecule has 1 aliphatic heterocycles. The lowest BCUT2D eigenvalue weighted by Crippen LogP contribution is -2.45. The number of nitrogens with one attached hydrogen (secondary N) is 1. The van der Waals surface area contributed by atoms with Gasteiger partial charge in [-0.15, -0.1) is 0 Å². The van der Waals surface area contributed by atoms with Crippen LogP contribution in [0.4, 0.5) is 5.82 Å². The highest BCUT2D eigenvalue weighted by molar-refractivity contribution is 9.10. The normalized spacial score (nSPS) is 19.4. The molecule has 1 saturated heterocycles. The van der Waals surface area contributed by atoms with Crippen molar-refractivity contribution < 1.29 is 13.5 Å². The molecule has 0 amide bonds. The molecule has 0 spiro atoms. The predicted octanol–water partition coefficient (Wildman–Crippen LogP) is 1.81. The molecule has 2 N–H and O–H groups in total. The van der Waals surface area contributed by atoms with Crippen molar-refractivity contribution in [1.82, 2.24) is 9.29 Å². The Balaban J connectivity index is 2.33. The maximum Gasteiger partial charge on any atom is 0.246 e. The highest BCUT2D eigenvalue weighted by atomic mass is 79.9. The summed E-state index contributed by atoms with van der Waals surface area (Å²) in [5.41, 5.74) is -0.786. The number of pyridine rings is 1. The number of piperidine rings is 1. The minimum atomic E-state index is -3.62. The maximum absolute atomic E-state index is 12.8. The van der Waals surface area contributed by atoms with Crippen molar-refractivity contribution in [3.8, 4) is 0 Å². The fourth-order valence-corrected chi connectivity index (χ4v) is 4.33. The molecular formula is C13H20BrN3O3S. The van der Waals surface area contributed by atoms with Crippen LogP contribution in [-0.2, 0) is 10.0 Å². The Hall–Kier alpha value is -0.700. The number of hydrogen-bond donors (Lipinski definition) is 2. The molecule has 1 aromatic heterocycles. The van der Waals surface area contributed by atoms with Gasteiger partial charge in [0.1, 0.15) is 10.7 Å². The minimum absolute atomic E-state index is 0.167. The van der Waals surface area contributed by atoms with Crippen LogP contribution in [0.25, 0.3) is 0 Å². The van der Waals surface area contributed by atoms with Crippen molar-refractivity contribution in [2.75, 3.05) is 25.0 Å². The highest BCUT2D eigenvalue weighted by Crippen LogP contribution is 2.30. The third-order valence-electron chi connectivity index (χ3n) is 3.58. The zero-order chi connectivity index (χ0) is 15.7. The van der Waals surface area contributed by atoms with E-state index in [1.807, 2.05) is 6.92 Å². The van der Waals surface area contributed by atoms with Crippen molar-refractivity contribution in [2.45, 2.75) is 37.2 Å². The van der Waals surface area contributed by atoms with Crippen LogP contribution in [0.5, 0.6) is 0 Å². The van der Waals surface area contributed by atoms with E-state index in [0.717, 1.165) is 0 Å². The van der Waals surface area contributed by atoms with E-state index >= 15 is 0 Å². The van der Waals surface area contributed by atoms with Gasteiger partial charge in [0.2, 0.25) is 10.0 Å². The largest absolute Gasteiger partial charge is 0.390 e. The fourth-order valence-electron chi connectivity index (χ4n) is 2.26. The first kappa shape index (κ1) is 16.7. The van der Waals surface area contributed by atoms with Crippen molar-refractivity contribution in [1.29, 1.82) is 0 Å². The van der Waals surface area contributed by atoms with Crippen LogP contribution in [0.15, 0.2) is 21.6 Å². The number of anilines is 1. The Kier molecular flexibility index (Phi) is 4.92. The number of aromatic nitrogens is 1. The second-order valence-corrected chi connectivity index (χ2v) is 8.25. The number of sulfonamides is 1. The summed E-state index contributed by atoms with van der Waals surface area (Å²) in [5.74, 6) is 0.359. The molecule has 0 aromatic carbocycles. The number of halogens is 1. The highest BCUT2D eigenvalue weighted by Gasteiger charge is 2.35. The van der Waals surface area contributed by atoms with Gasteiger partial charge in [-0.2, -0.15) is 4.31 Å².